The average molecular weight is 391 g/mol. The SMILES string of the molecule is O=C(COC(=O)COc1ccc(OCc2ccccc2)cc1)Nc1ccccc1. The molecule has 3 aromatic carbocycles. The molecule has 1 amide bonds. The Labute approximate surface area is 169 Å². The highest BCUT2D eigenvalue weighted by molar-refractivity contribution is 5.92. The molecule has 0 aliphatic carbocycles. The van der Waals surface area contributed by atoms with Crippen molar-refractivity contribution in [3.05, 3.63) is 90.5 Å². The van der Waals surface area contributed by atoms with Crippen LogP contribution >= 0.6 is 0 Å². The van der Waals surface area contributed by atoms with Crippen molar-refractivity contribution >= 4 is 17.6 Å². The summed E-state index contributed by atoms with van der Waals surface area (Å²) in [6.45, 7) is -0.190. The van der Waals surface area contributed by atoms with Gasteiger partial charge < -0.3 is 19.5 Å². The summed E-state index contributed by atoms with van der Waals surface area (Å²) in [5, 5.41) is 2.63. The molecule has 0 aliphatic rings. The molecule has 0 saturated heterocycles. The van der Waals surface area contributed by atoms with Gasteiger partial charge in [0.2, 0.25) is 0 Å². The Hall–Kier alpha value is -3.80. The van der Waals surface area contributed by atoms with E-state index in [2.05, 4.69) is 5.32 Å². The van der Waals surface area contributed by atoms with E-state index >= 15 is 0 Å². The fourth-order valence-corrected chi connectivity index (χ4v) is 2.42. The van der Waals surface area contributed by atoms with Gasteiger partial charge in [-0.1, -0.05) is 48.5 Å². The Bertz CT molecular complexity index is 911. The van der Waals surface area contributed by atoms with Crippen LogP contribution in [-0.4, -0.2) is 25.1 Å². The first kappa shape index (κ1) is 19.9. The van der Waals surface area contributed by atoms with E-state index in [1.807, 2.05) is 36.4 Å². The number of amides is 1. The minimum atomic E-state index is -0.627. The maximum Gasteiger partial charge on any atom is 0.344 e. The van der Waals surface area contributed by atoms with Crippen LogP contribution in [0.15, 0.2) is 84.9 Å². The maximum absolute atomic E-state index is 11.7. The van der Waals surface area contributed by atoms with Gasteiger partial charge in [0.15, 0.2) is 13.2 Å². The molecular weight excluding hydrogens is 370 g/mol. The zero-order chi connectivity index (χ0) is 20.3. The van der Waals surface area contributed by atoms with Crippen LogP contribution in [0, 0.1) is 0 Å². The van der Waals surface area contributed by atoms with Crippen molar-refractivity contribution in [1.82, 2.24) is 0 Å². The first-order valence-electron chi connectivity index (χ1n) is 9.09. The molecule has 0 atom stereocenters. The van der Waals surface area contributed by atoms with Crippen LogP contribution in [0.25, 0.3) is 0 Å². The normalized spacial score (nSPS) is 10.1. The maximum atomic E-state index is 11.7. The van der Waals surface area contributed by atoms with Crippen molar-refractivity contribution in [1.29, 1.82) is 0 Å². The van der Waals surface area contributed by atoms with Gasteiger partial charge >= 0.3 is 5.97 Å². The van der Waals surface area contributed by atoms with Gasteiger partial charge in [0.05, 0.1) is 0 Å². The number of hydrogen-bond acceptors (Lipinski definition) is 5. The molecule has 0 saturated carbocycles. The fourth-order valence-electron chi connectivity index (χ4n) is 2.42. The number of ether oxygens (including phenoxy) is 3. The predicted molar refractivity (Wildman–Crippen MR) is 109 cm³/mol. The van der Waals surface area contributed by atoms with Crippen LogP contribution in [0.3, 0.4) is 0 Å². The summed E-state index contributed by atoms with van der Waals surface area (Å²) in [7, 11) is 0. The summed E-state index contributed by atoms with van der Waals surface area (Å²) in [6.07, 6.45) is 0. The number of benzene rings is 3. The van der Waals surface area contributed by atoms with Gasteiger partial charge in [0.1, 0.15) is 18.1 Å². The molecule has 0 aliphatic heterocycles. The number of carbonyl (C=O) groups is 2. The molecule has 29 heavy (non-hydrogen) atoms. The van der Waals surface area contributed by atoms with E-state index in [-0.39, 0.29) is 13.2 Å². The Kier molecular flexibility index (Phi) is 7.23. The van der Waals surface area contributed by atoms with Gasteiger partial charge in [-0.25, -0.2) is 4.79 Å². The van der Waals surface area contributed by atoms with Crippen molar-refractivity contribution in [3.8, 4) is 11.5 Å². The standard InChI is InChI=1S/C23H21NO5/c25-22(24-19-9-5-2-6-10-19)16-29-23(26)17-28-21-13-11-20(12-14-21)27-15-18-7-3-1-4-8-18/h1-14H,15-17H2,(H,24,25). The fraction of sp³-hybridized carbons (Fsp3) is 0.130. The quantitative estimate of drug-likeness (QED) is 0.561. The number of carbonyl (C=O) groups excluding carboxylic acids is 2. The molecule has 6 nitrogen and oxygen atoms in total. The van der Waals surface area contributed by atoms with Gasteiger partial charge in [0, 0.05) is 5.69 Å². The first-order valence-corrected chi connectivity index (χ1v) is 9.09. The lowest BCUT2D eigenvalue weighted by Gasteiger charge is -2.09. The Morgan fingerprint density at radius 2 is 1.28 bits per heavy atom. The van der Waals surface area contributed by atoms with Crippen LogP contribution in [0.4, 0.5) is 5.69 Å². The van der Waals surface area contributed by atoms with Crippen LogP contribution in [0.5, 0.6) is 11.5 Å². The second-order valence-corrected chi connectivity index (χ2v) is 6.11. The molecule has 0 spiro atoms. The Balaban J connectivity index is 1.36. The van der Waals surface area contributed by atoms with Crippen LogP contribution in [0.2, 0.25) is 0 Å². The first-order chi connectivity index (χ1) is 14.2. The summed E-state index contributed by atoms with van der Waals surface area (Å²) in [6, 6.07) is 25.7. The molecule has 3 aromatic rings. The number of esters is 1. The highest BCUT2D eigenvalue weighted by Crippen LogP contribution is 2.18. The Morgan fingerprint density at radius 3 is 1.93 bits per heavy atom. The lowest BCUT2D eigenvalue weighted by Crippen LogP contribution is -2.23. The predicted octanol–water partition coefficient (Wildman–Crippen LogP) is 3.83. The summed E-state index contributed by atoms with van der Waals surface area (Å²) in [5.74, 6) is 0.159. The van der Waals surface area contributed by atoms with Crippen LogP contribution in [0.1, 0.15) is 5.56 Å². The lowest BCUT2D eigenvalue weighted by molar-refractivity contribution is -0.149. The molecular formula is C23H21NO5. The highest BCUT2D eigenvalue weighted by atomic mass is 16.6. The molecule has 3 rings (SSSR count). The monoisotopic (exact) mass is 391 g/mol. The molecule has 0 heterocycles. The van der Waals surface area contributed by atoms with Crippen LogP contribution in [-0.2, 0) is 20.9 Å². The second kappa shape index (κ2) is 10.5. The third-order valence-electron chi connectivity index (χ3n) is 3.85. The van der Waals surface area contributed by atoms with Gasteiger partial charge in [-0.05, 0) is 42.0 Å². The number of nitrogens with one attached hydrogen (secondary N) is 1. The van der Waals surface area contributed by atoms with E-state index in [0.717, 1.165) is 5.56 Å². The van der Waals surface area contributed by atoms with Gasteiger partial charge in [-0.3, -0.25) is 4.79 Å². The third kappa shape index (κ3) is 7.03. The number of para-hydroxylation sites is 1. The third-order valence-corrected chi connectivity index (χ3v) is 3.85. The lowest BCUT2D eigenvalue weighted by atomic mass is 10.2. The average Bonchev–Trinajstić information content (AvgIpc) is 2.77. The molecule has 0 bridgehead atoms. The topological polar surface area (TPSA) is 73.9 Å². The Morgan fingerprint density at radius 1 is 0.690 bits per heavy atom. The van der Waals surface area contributed by atoms with Gasteiger partial charge in [-0.15, -0.1) is 0 Å². The molecule has 0 unspecified atom stereocenters. The van der Waals surface area contributed by atoms with Crippen molar-refractivity contribution in [3.63, 3.8) is 0 Å². The second-order valence-electron chi connectivity index (χ2n) is 6.11. The molecule has 148 valence electrons. The minimum Gasteiger partial charge on any atom is -0.489 e. The molecule has 0 aromatic heterocycles. The zero-order valence-electron chi connectivity index (χ0n) is 15.7. The van der Waals surface area contributed by atoms with E-state index in [1.165, 1.54) is 0 Å². The number of anilines is 1. The zero-order valence-corrected chi connectivity index (χ0v) is 15.7. The summed E-state index contributed by atoms with van der Waals surface area (Å²) in [5.41, 5.74) is 1.71. The highest BCUT2D eigenvalue weighted by Gasteiger charge is 2.09. The van der Waals surface area contributed by atoms with E-state index in [9.17, 15) is 9.59 Å². The van der Waals surface area contributed by atoms with Crippen molar-refractivity contribution < 1.29 is 23.8 Å². The summed E-state index contributed by atoms with van der Waals surface area (Å²) in [4.78, 5) is 23.5. The van der Waals surface area contributed by atoms with Crippen molar-refractivity contribution in [2.75, 3.05) is 18.5 Å². The van der Waals surface area contributed by atoms with Gasteiger partial charge in [-0.2, -0.15) is 0 Å². The van der Waals surface area contributed by atoms with Crippen LogP contribution < -0.4 is 14.8 Å². The largest absolute Gasteiger partial charge is 0.489 e. The van der Waals surface area contributed by atoms with Crippen molar-refractivity contribution in [2.24, 2.45) is 0 Å². The van der Waals surface area contributed by atoms with Gasteiger partial charge in [0.25, 0.3) is 5.91 Å². The summed E-state index contributed by atoms with van der Waals surface area (Å²) < 4.78 is 16.0. The molecule has 6 heteroatoms. The number of rotatable bonds is 9. The smallest absolute Gasteiger partial charge is 0.344 e. The molecule has 1 N–H and O–H groups in total. The van der Waals surface area contributed by atoms with E-state index in [0.29, 0.717) is 23.8 Å². The number of hydrogen-bond donors (Lipinski definition) is 1. The van der Waals surface area contributed by atoms with Crippen molar-refractivity contribution in [2.45, 2.75) is 6.61 Å². The molecule has 0 radical (unpaired) electrons. The summed E-state index contributed by atoms with van der Waals surface area (Å²) >= 11 is 0. The van der Waals surface area contributed by atoms with E-state index in [1.54, 1.807) is 48.5 Å². The van der Waals surface area contributed by atoms with E-state index in [4.69, 9.17) is 14.2 Å². The molecule has 0 fully saturated rings. The minimum absolute atomic E-state index is 0.289. The van der Waals surface area contributed by atoms with E-state index < -0.39 is 11.9 Å².